The van der Waals surface area contributed by atoms with Crippen molar-refractivity contribution in [2.24, 2.45) is 0 Å². The van der Waals surface area contributed by atoms with Crippen LogP contribution in [0.3, 0.4) is 0 Å². The molecule has 0 aromatic rings. The lowest BCUT2D eigenvalue weighted by Gasteiger charge is -2.20. The van der Waals surface area contributed by atoms with E-state index in [2.05, 4.69) is 43.5 Å². The molecule has 88 heavy (non-hydrogen) atoms. The van der Waals surface area contributed by atoms with Crippen molar-refractivity contribution in [3.05, 3.63) is 36.5 Å². The molecule has 0 bridgehead atoms. The maximum Gasteiger partial charge on any atom is 0.305 e. The van der Waals surface area contributed by atoms with Crippen LogP contribution in [-0.4, -0.2) is 47.4 Å². The number of aliphatic hydroxyl groups is 2. The molecule has 2 unspecified atom stereocenters. The minimum Gasteiger partial charge on any atom is -0.466 e. The SMILES string of the molecule is CCC/C=C\C/C=C\CCCCCCCC(=O)OCCCCCCCCCCCCCCCCCCCCCCCCCCCCCCCCCCCC(=O)NC(CO)C(O)/C=C/CCCCCCCCCCCCCCCCCCCCCCCCC. The number of hydrogen-bond acceptors (Lipinski definition) is 5. The molecule has 0 aromatic heterocycles. The Morgan fingerprint density at radius 2 is 0.591 bits per heavy atom. The molecule has 0 aliphatic heterocycles. The zero-order chi connectivity index (χ0) is 63.5. The molecule has 520 valence electrons. The molecule has 0 fully saturated rings. The van der Waals surface area contributed by atoms with E-state index < -0.39 is 12.1 Å². The maximum absolute atomic E-state index is 12.6. The fourth-order valence-electron chi connectivity index (χ4n) is 12.8. The number of carbonyl (C=O) groups is 2. The molecule has 2 atom stereocenters. The van der Waals surface area contributed by atoms with Crippen LogP contribution in [0.15, 0.2) is 36.5 Å². The zero-order valence-electron chi connectivity index (χ0n) is 59.7. The largest absolute Gasteiger partial charge is 0.466 e. The van der Waals surface area contributed by atoms with Gasteiger partial charge >= 0.3 is 5.97 Å². The number of amides is 1. The summed E-state index contributed by atoms with van der Waals surface area (Å²) >= 11 is 0. The van der Waals surface area contributed by atoms with Crippen LogP contribution in [0, 0.1) is 0 Å². The van der Waals surface area contributed by atoms with E-state index in [1.165, 1.54) is 372 Å². The first-order valence-corrected chi connectivity index (χ1v) is 40.3. The molecule has 0 rings (SSSR count). The highest BCUT2D eigenvalue weighted by atomic mass is 16.5. The first-order chi connectivity index (χ1) is 43.5. The number of unbranched alkanes of at least 4 members (excludes halogenated alkanes) is 61. The number of rotatable bonds is 76. The van der Waals surface area contributed by atoms with Crippen LogP contribution in [0.25, 0.3) is 0 Å². The number of carbonyl (C=O) groups excluding carboxylic acids is 2. The Labute approximate surface area is 551 Å². The van der Waals surface area contributed by atoms with E-state index in [0.29, 0.717) is 19.4 Å². The van der Waals surface area contributed by atoms with Gasteiger partial charge in [0.1, 0.15) is 0 Å². The molecule has 0 spiro atoms. The Hall–Kier alpha value is -1.92. The molecule has 6 heteroatoms. The van der Waals surface area contributed by atoms with Gasteiger partial charge in [0, 0.05) is 12.8 Å². The molecule has 0 heterocycles. The summed E-state index contributed by atoms with van der Waals surface area (Å²) in [6.07, 6.45) is 101. The monoisotopic (exact) mass is 1240 g/mol. The molecule has 0 aliphatic rings. The molecule has 0 aromatic carbocycles. The molecule has 0 saturated carbocycles. The van der Waals surface area contributed by atoms with Gasteiger partial charge in [-0.25, -0.2) is 0 Å². The number of allylic oxidation sites excluding steroid dienone is 5. The van der Waals surface area contributed by atoms with Crippen LogP contribution < -0.4 is 5.32 Å². The van der Waals surface area contributed by atoms with Gasteiger partial charge in [0.25, 0.3) is 0 Å². The minimum atomic E-state index is -0.843. The van der Waals surface area contributed by atoms with Crippen LogP contribution in [0.2, 0.25) is 0 Å². The first-order valence-electron chi connectivity index (χ1n) is 40.3. The van der Waals surface area contributed by atoms with Gasteiger partial charge in [-0.15, -0.1) is 0 Å². The summed E-state index contributed by atoms with van der Waals surface area (Å²) in [4.78, 5) is 24.6. The van der Waals surface area contributed by atoms with E-state index in [9.17, 15) is 19.8 Å². The summed E-state index contributed by atoms with van der Waals surface area (Å²) < 4.78 is 5.48. The summed E-state index contributed by atoms with van der Waals surface area (Å²) in [5.74, 6) is -0.0513. The number of aliphatic hydroxyl groups excluding tert-OH is 2. The number of nitrogens with one attached hydrogen (secondary N) is 1. The Morgan fingerprint density at radius 3 is 0.909 bits per heavy atom. The van der Waals surface area contributed by atoms with Gasteiger partial charge in [-0.3, -0.25) is 9.59 Å². The van der Waals surface area contributed by atoms with E-state index in [1.807, 2.05) is 6.08 Å². The summed E-state index contributed by atoms with van der Waals surface area (Å²) in [6, 6.07) is -0.626. The molecule has 0 radical (unpaired) electrons. The van der Waals surface area contributed by atoms with Gasteiger partial charge in [0.2, 0.25) is 5.91 Å². The average molecular weight is 1240 g/mol. The van der Waals surface area contributed by atoms with E-state index >= 15 is 0 Å². The molecule has 0 saturated heterocycles. The smallest absolute Gasteiger partial charge is 0.305 e. The van der Waals surface area contributed by atoms with Crippen molar-refractivity contribution in [3.63, 3.8) is 0 Å². The minimum absolute atomic E-state index is 0.00667. The lowest BCUT2D eigenvalue weighted by Crippen LogP contribution is -2.45. The second kappa shape index (κ2) is 77.5. The van der Waals surface area contributed by atoms with Gasteiger partial charge in [-0.2, -0.15) is 0 Å². The van der Waals surface area contributed by atoms with Crippen molar-refractivity contribution in [1.82, 2.24) is 5.32 Å². The highest BCUT2D eigenvalue weighted by Crippen LogP contribution is 2.20. The quantitative estimate of drug-likeness (QED) is 0.0320. The number of ether oxygens (including phenoxy) is 1. The summed E-state index contributed by atoms with van der Waals surface area (Å²) in [7, 11) is 0. The molecular weight excluding hydrogens is 1080 g/mol. The lowest BCUT2D eigenvalue weighted by atomic mass is 10.0. The van der Waals surface area contributed by atoms with Crippen LogP contribution in [0.5, 0.6) is 0 Å². The molecular formula is C82H157NO5. The van der Waals surface area contributed by atoms with Crippen LogP contribution in [0.1, 0.15) is 450 Å². The zero-order valence-corrected chi connectivity index (χ0v) is 59.7. The van der Waals surface area contributed by atoms with Crippen molar-refractivity contribution in [3.8, 4) is 0 Å². The topological polar surface area (TPSA) is 95.9 Å². The van der Waals surface area contributed by atoms with E-state index in [0.717, 1.165) is 51.4 Å². The Balaban J connectivity index is 3.35. The maximum atomic E-state index is 12.6. The van der Waals surface area contributed by atoms with Crippen molar-refractivity contribution in [2.75, 3.05) is 13.2 Å². The van der Waals surface area contributed by atoms with Crippen LogP contribution in [-0.2, 0) is 14.3 Å². The Bertz CT molecular complexity index is 1430. The highest BCUT2D eigenvalue weighted by molar-refractivity contribution is 5.76. The standard InChI is InChI=1S/C82H157NO5/c1-3-5-7-9-11-13-15-17-18-19-20-21-22-32-35-38-41-44-47-51-54-58-62-66-70-74-80(85)79(78-84)83-81(86)75-71-67-63-59-55-52-48-45-42-39-36-33-30-28-26-24-23-25-27-29-31-34-37-40-43-46-49-53-57-61-65-69-73-77-88-82(87)76-72-68-64-60-56-50-16-14-12-10-8-6-4-2/h8,10,14,16,70,74,79-80,84-85H,3-7,9,11-13,15,17-69,71-73,75-78H2,1-2H3,(H,83,86)/b10-8-,16-14-,74-70+. The van der Waals surface area contributed by atoms with E-state index in [1.54, 1.807) is 6.08 Å². The van der Waals surface area contributed by atoms with E-state index in [-0.39, 0.29) is 18.5 Å². The number of esters is 1. The number of hydrogen-bond donors (Lipinski definition) is 3. The molecule has 6 nitrogen and oxygen atoms in total. The van der Waals surface area contributed by atoms with Crippen molar-refractivity contribution < 1.29 is 24.5 Å². The second-order valence-electron chi connectivity index (χ2n) is 27.8. The first kappa shape index (κ1) is 86.1. The summed E-state index contributed by atoms with van der Waals surface area (Å²) in [5, 5.41) is 23.3. The summed E-state index contributed by atoms with van der Waals surface area (Å²) in [5.41, 5.74) is 0. The lowest BCUT2D eigenvalue weighted by molar-refractivity contribution is -0.143. The Morgan fingerprint density at radius 1 is 0.318 bits per heavy atom. The normalized spacial score (nSPS) is 12.6. The molecule has 0 aliphatic carbocycles. The van der Waals surface area contributed by atoms with Gasteiger partial charge in [0.15, 0.2) is 0 Å². The van der Waals surface area contributed by atoms with Crippen molar-refractivity contribution in [1.29, 1.82) is 0 Å². The third-order valence-corrected chi connectivity index (χ3v) is 18.9. The van der Waals surface area contributed by atoms with Gasteiger partial charge < -0.3 is 20.3 Å². The average Bonchev–Trinajstić information content (AvgIpc) is 3.54. The fourth-order valence-corrected chi connectivity index (χ4v) is 12.8. The fraction of sp³-hybridized carbons (Fsp3) is 0.902. The third-order valence-electron chi connectivity index (χ3n) is 18.9. The van der Waals surface area contributed by atoms with Crippen molar-refractivity contribution in [2.45, 2.75) is 463 Å². The van der Waals surface area contributed by atoms with Crippen molar-refractivity contribution >= 4 is 11.9 Å². The Kier molecular flexibility index (Phi) is 75.8. The highest BCUT2D eigenvalue weighted by Gasteiger charge is 2.18. The van der Waals surface area contributed by atoms with E-state index in [4.69, 9.17) is 4.74 Å². The molecule has 3 N–H and O–H groups in total. The van der Waals surface area contributed by atoms with Gasteiger partial charge in [-0.1, -0.05) is 416 Å². The van der Waals surface area contributed by atoms with Gasteiger partial charge in [0.05, 0.1) is 25.4 Å². The third kappa shape index (κ3) is 73.1. The second-order valence-corrected chi connectivity index (χ2v) is 27.8. The predicted molar refractivity (Wildman–Crippen MR) is 389 cm³/mol. The van der Waals surface area contributed by atoms with Crippen LogP contribution in [0.4, 0.5) is 0 Å². The van der Waals surface area contributed by atoms with Crippen LogP contribution >= 0.6 is 0 Å². The van der Waals surface area contributed by atoms with Gasteiger partial charge in [-0.05, 0) is 57.8 Å². The predicted octanol–water partition coefficient (Wildman–Crippen LogP) is 26.6. The molecule has 1 amide bonds. The summed E-state index contributed by atoms with van der Waals surface area (Å²) in [6.45, 7) is 4.88.